The van der Waals surface area contributed by atoms with E-state index in [2.05, 4.69) is 9.71 Å². The van der Waals surface area contributed by atoms with Gasteiger partial charge in [-0.25, -0.2) is 4.72 Å². The minimum absolute atomic E-state index is 0.232. The second kappa shape index (κ2) is 8.38. The molecule has 3 N–H and O–H groups in total. The Balaban J connectivity index is 2.82. The molecule has 1 heterocycles. The standard InChI is InChI=1S/C13H22N4O2S2/c1-11(2)8-16-21(18,19)17(7-5-13(14)20)10-12-4-3-6-15-9-12/h3-4,6,9,11,16H,5,7-8,10H2,1-2H3,(H2,14,20). The summed E-state index contributed by atoms with van der Waals surface area (Å²) in [5.74, 6) is 0.232. The molecule has 0 saturated carbocycles. The molecule has 0 aliphatic carbocycles. The number of nitrogens with one attached hydrogen (secondary N) is 1. The minimum atomic E-state index is -3.57. The van der Waals surface area contributed by atoms with E-state index in [1.54, 1.807) is 18.5 Å². The van der Waals surface area contributed by atoms with Gasteiger partial charge in [0.25, 0.3) is 10.2 Å². The Morgan fingerprint density at radius 3 is 2.76 bits per heavy atom. The summed E-state index contributed by atoms with van der Waals surface area (Å²) < 4.78 is 28.7. The first-order chi connectivity index (χ1) is 9.81. The maximum absolute atomic E-state index is 12.4. The Labute approximate surface area is 131 Å². The predicted molar refractivity (Wildman–Crippen MR) is 87.8 cm³/mol. The van der Waals surface area contributed by atoms with E-state index in [1.807, 2.05) is 19.9 Å². The zero-order valence-electron chi connectivity index (χ0n) is 12.3. The van der Waals surface area contributed by atoms with Crippen LogP contribution in [0.15, 0.2) is 24.5 Å². The molecule has 1 aromatic rings. The average molecular weight is 330 g/mol. The number of nitrogens with two attached hydrogens (primary N) is 1. The topological polar surface area (TPSA) is 88.3 Å². The molecule has 8 heteroatoms. The Bertz CT molecular complexity index is 547. The summed E-state index contributed by atoms with van der Waals surface area (Å²) in [7, 11) is -3.57. The molecule has 1 aromatic heterocycles. The fourth-order valence-corrected chi connectivity index (χ4v) is 3.05. The summed E-state index contributed by atoms with van der Waals surface area (Å²) in [6.45, 7) is 4.77. The predicted octanol–water partition coefficient (Wildman–Crippen LogP) is 1.05. The first-order valence-electron chi connectivity index (χ1n) is 6.73. The van der Waals surface area contributed by atoms with Crippen molar-refractivity contribution in [2.24, 2.45) is 11.7 Å². The van der Waals surface area contributed by atoms with Crippen molar-refractivity contribution in [2.75, 3.05) is 13.1 Å². The fourth-order valence-electron chi connectivity index (χ4n) is 1.58. The number of pyridine rings is 1. The lowest BCUT2D eigenvalue weighted by Crippen LogP contribution is -2.42. The molecule has 0 spiro atoms. The van der Waals surface area contributed by atoms with Crippen LogP contribution in [0.1, 0.15) is 25.8 Å². The number of nitrogens with zero attached hydrogens (tertiary/aromatic N) is 2. The molecule has 6 nitrogen and oxygen atoms in total. The quantitative estimate of drug-likeness (QED) is 0.661. The molecule has 0 aromatic carbocycles. The second-order valence-corrected chi connectivity index (χ2v) is 7.44. The number of thiocarbonyl (C=S) groups is 1. The Hall–Kier alpha value is -1.09. The lowest BCUT2D eigenvalue weighted by molar-refractivity contribution is 0.403. The van der Waals surface area contributed by atoms with Crippen LogP contribution in [0.2, 0.25) is 0 Å². The minimum Gasteiger partial charge on any atom is -0.393 e. The van der Waals surface area contributed by atoms with Crippen molar-refractivity contribution in [3.05, 3.63) is 30.1 Å². The third kappa shape index (κ3) is 6.94. The van der Waals surface area contributed by atoms with Gasteiger partial charge in [-0.2, -0.15) is 12.7 Å². The smallest absolute Gasteiger partial charge is 0.279 e. The summed E-state index contributed by atoms with van der Waals surface area (Å²) in [6, 6.07) is 3.61. The molecule has 0 amide bonds. The maximum Gasteiger partial charge on any atom is 0.279 e. The maximum atomic E-state index is 12.4. The van der Waals surface area contributed by atoms with Gasteiger partial charge in [-0.15, -0.1) is 0 Å². The highest BCUT2D eigenvalue weighted by Gasteiger charge is 2.22. The van der Waals surface area contributed by atoms with Crippen LogP contribution in [0.3, 0.4) is 0 Å². The Kier molecular flexibility index (Phi) is 7.16. The van der Waals surface area contributed by atoms with Gasteiger partial charge < -0.3 is 5.73 Å². The first kappa shape index (κ1) is 18.0. The molecule has 0 aliphatic rings. The largest absolute Gasteiger partial charge is 0.393 e. The molecular formula is C13H22N4O2S2. The van der Waals surface area contributed by atoms with Crippen LogP contribution in [0.25, 0.3) is 0 Å². The van der Waals surface area contributed by atoms with Crippen LogP contribution < -0.4 is 10.5 Å². The van der Waals surface area contributed by atoms with Crippen molar-refractivity contribution in [1.29, 1.82) is 0 Å². The lowest BCUT2D eigenvalue weighted by Gasteiger charge is -2.23. The molecule has 0 bridgehead atoms. The van der Waals surface area contributed by atoms with E-state index in [0.29, 0.717) is 18.0 Å². The highest BCUT2D eigenvalue weighted by Crippen LogP contribution is 2.08. The van der Waals surface area contributed by atoms with Crippen LogP contribution in [-0.4, -0.2) is 35.8 Å². The van der Waals surface area contributed by atoms with E-state index >= 15 is 0 Å². The zero-order chi connectivity index (χ0) is 15.9. The number of hydrogen-bond acceptors (Lipinski definition) is 4. The third-order valence-corrected chi connectivity index (χ3v) is 4.43. The highest BCUT2D eigenvalue weighted by molar-refractivity contribution is 7.87. The van der Waals surface area contributed by atoms with Crippen LogP contribution in [-0.2, 0) is 16.8 Å². The summed E-state index contributed by atoms with van der Waals surface area (Å²) >= 11 is 4.83. The molecule has 0 fully saturated rings. The van der Waals surface area contributed by atoms with Gasteiger partial charge in [-0.05, 0) is 17.5 Å². The van der Waals surface area contributed by atoms with Crippen LogP contribution in [0.5, 0.6) is 0 Å². The van der Waals surface area contributed by atoms with Crippen LogP contribution >= 0.6 is 12.2 Å². The highest BCUT2D eigenvalue weighted by atomic mass is 32.2. The molecule has 1 rings (SSSR count). The van der Waals surface area contributed by atoms with Gasteiger partial charge in [0.1, 0.15) is 0 Å². The van der Waals surface area contributed by atoms with E-state index in [0.717, 1.165) is 5.56 Å². The van der Waals surface area contributed by atoms with Crippen molar-refractivity contribution in [3.63, 3.8) is 0 Å². The van der Waals surface area contributed by atoms with Gasteiger partial charge in [0.15, 0.2) is 0 Å². The third-order valence-electron chi connectivity index (χ3n) is 2.70. The molecule has 0 unspecified atom stereocenters. The monoisotopic (exact) mass is 330 g/mol. The zero-order valence-corrected chi connectivity index (χ0v) is 14.0. The molecule has 0 saturated heterocycles. The second-order valence-electron chi connectivity index (χ2n) is 5.16. The van der Waals surface area contributed by atoms with Crippen molar-refractivity contribution >= 4 is 27.4 Å². The average Bonchev–Trinajstić information content (AvgIpc) is 2.42. The van der Waals surface area contributed by atoms with Gasteiger partial charge in [-0.3, -0.25) is 4.98 Å². The Morgan fingerprint density at radius 1 is 1.52 bits per heavy atom. The fraction of sp³-hybridized carbons (Fsp3) is 0.538. The first-order valence-corrected chi connectivity index (χ1v) is 8.58. The number of hydrogen-bond donors (Lipinski definition) is 2. The van der Waals surface area contributed by atoms with Crippen molar-refractivity contribution < 1.29 is 8.42 Å². The molecule has 21 heavy (non-hydrogen) atoms. The number of aromatic nitrogens is 1. The van der Waals surface area contributed by atoms with Crippen LogP contribution in [0, 0.1) is 5.92 Å². The summed E-state index contributed by atoms with van der Waals surface area (Å²) in [5.41, 5.74) is 6.29. The van der Waals surface area contributed by atoms with Crippen LogP contribution in [0.4, 0.5) is 0 Å². The summed E-state index contributed by atoms with van der Waals surface area (Å²) in [6.07, 6.45) is 3.64. The molecule has 0 atom stereocenters. The SMILES string of the molecule is CC(C)CNS(=O)(=O)N(CCC(N)=S)Cc1cccnc1. The van der Waals surface area contributed by atoms with E-state index in [9.17, 15) is 8.42 Å². The van der Waals surface area contributed by atoms with Gasteiger partial charge in [0.05, 0.1) is 4.99 Å². The van der Waals surface area contributed by atoms with E-state index in [1.165, 1.54) is 4.31 Å². The normalized spacial score (nSPS) is 12.0. The van der Waals surface area contributed by atoms with Gasteiger partial charge in [-0.1, -0.05) is 32.1 Å². The lowest BCUT2D eigenvalue weighted by atomic mass is 10.2. The van der Waals surface area contributed by atoms with E-state index in [-0.39, 0.29) is 19.0 Å². The van der Waals surface area contributed by atoms with Gasteiger partial charge in [0, 0.05) is 38.4 Å². The molecule has 0 radical (unpaired) electrons. The molecule has 118 valence electrons. The van der Waals surface area contributed by atoms with Crippen molar-refractivity contribution in [2.45, 2.75) is 26.8 Å². The van der Waals surface area contributed by atoms with E-state index in [4.69, 9.17) is 18.0 Å². The van der Waals surface area contributed by atoms with Crippen molar-refractivity contribution in [1.82, 2.24) is 14.0 Å². The van der Waals surface area contributed by atoms with E-state index < -0.39 is 10.2 Å². The van der Waals surface area contributed by atoms with Gasteiger partial charge in [0.2, 0.25) is 0 Å². The van der Waals surface area contributed by atoms with Gasteiger partial charge >= 0.3 is 0 Å². The number of rotatable bonds is 9. The molecular weight excluding hydrogens is 308 g/mol. The Morgan fingerprint density at radius 2 is 2.24 bits per heavy atom. The summed E-state index contributed by atoms with van der Waals surface area (Å²) in [4.78, 5) is 4.29. The summed E-state index contributed by atoms with van der Waals surface area (Å²) in [5, 5.41) is 0. The molecule has 0 aliphatic heterocycles. The van der Waals surface area contributed by atoms with Crippen molar-refractivity contribution in [3.8, 4) is 0 Å².